The van der Waals surface area contributed by atoms with Crippen molar-refractivity contribution < 1.29 is 32.2 Å². The van der Waals surface area contributed by atoms with Crippen molar-refractivity contribution in [2.24, 2.45) is 0 Å². The molecule has 0 aliphatic heterocycles. The van der Waals surface area contributed by atoms with Crippen LogP contribution in [0.5, 0.6) is 17.2 Å². The summed E-state index contributed by atoms with van der Waals surface area (Å²) in [6, 6.07) is 9.07. The van der Waals surface area contributed by atoms with Gasteiger partial charge in [-0.1, -0.05) is 17.7 Å². The van der Waals surface area contributed by atoms with Gasteiger partial charge in [-0.15, -0.1) is 0 Å². The van der Waals surface area contributed by atoms with Crippen LogP contribution in [0.15, 0.2) is 36.4 Å². The maximum atomic E-state index is 12.4. The summed E-state index contributed by atoms with van der Waals surface area (Å²) in [6.07, 6.45) is -4.51. The minimum Gasteiger partial charge on any atom is -0.493 e. The lowest BCUT2D eigenvalue weighted by molar-refractivity contribution is -0.153. The van der Waals surface area contributed by atoms with Crippen molar-refractivity contribution in [3.05, 3.63) is 47.0 Å². The largest absolute Gasteiger partial charge is 0.493 e. The summed E-state index contributed by atoms with van der Waals surface area (Å²) in [5, 5.41) is 2.65. The molecule has 0 aliphatic rings. The van der Waals surface area contributed by atoms with Gasteiger partial charge < -0.3 is 19.5 Å². The zero-order chi connectivity index (χ0) is 20.0. The molecule has 0 atom stereocenters. The van der Waals surface area contributed by atoms with Gasteiger partial charge in [0.1, 0.15) is 5.75 Å². The molecule has 0 bridgehead atoms. The molecule has 0 aromatic heterocycles. The number of carbonyl (C=O) groups is 1. The number of rotatable bonds is 7. The van der Waals surface area contributed by atoms with E-state index in [1.54, 1.807) is 18.2 Å². The highest BCUT2D eigenvalue weighted by Crippen LogP contribution is 2.30. The predicted octanol–water partition coefficient (Wildman–Crippen LogP) is 4.62. The number of alkyl halides is 3. The van der Waals surface area contributed by atoms with E-state index in [9.17, 15) is 18.0 Å². The first kappa shape index (κ1) is 20.7. The summed E-state index contributed by atoms with van der Waals surface area (Å²) in [6.45, 7) is -0.000156. The number of hydrogen-bond donors (Lipinski definition) is 1. The van der Waals surface area contributed by atoms with Crippen LogP contribution in [0, 0.1) is 6.92 Å². The molecule has 0 heterocycles. The van der Waals surface area contributed by atoms with Crippen molar-refractivity contribution in [2.75, 3.05) is 25.6 Å². The molecule has 1 N–H and O–H groups in total. The number of ether oxygens (including phenoxy) is 3. The third-order valence-electron chi connectivity index (χ3n) is 3.28. The van der Waals surface area contributed by atoms with E-state index in [0.29, 0.717) is 11.5 Å². The fourth-order valence-corrected chi connectivity index (χ4v) is 2.28. The average molecular weight is 404 g/mol. The Labute approximate surface area is 159 Å². The number of benzene rings is 2. The lowest BCUT2D eigenvalue weighted by atomic mass is 10.2. The Kier molecular flexibility index (Phi) is 6.79. The standard InChI is InChI=1S/C18H17ClF3NO4/c1-11-3-5-15(16(7-11)25-2)26-9-17(24)23-13-8-12(19)4-6-14(13)27-10-18(20,21)22/h3-8H,9-10H2,1-2H3,(H,23,24). The van der Waals surface area contributed by atoms with E-state index >= 15 is 0 Å². The molecule has 0 aliphatic carbocycles. The second kappa shape index (κ2) is 8.85. The molecule has 146 valence electrons. The normalized spacial score (nSPS) is 11.0. The van der Waals surface area contributed by atoms with E-state index < -0.39 is 18.7 Å². The third kappa shape index (κ3) is 6.56. The molecule has 2 aromatic carbocycles. The fraction of sp³-hybridized carbons (Fsp3) is 0.278. The van der Waals surface area contributed by atoms with Crippen LogP contribution in [0.1, 0.15) is 5.56 Å². The average Bonchev–Trinajstić information content (AvgIpc) is 2.59. The van der Waals surface area contributed by atoms with E-state index in [0.717, 1.165) is 5.56 Å². The SMILES string of the molecule is COc1cc(C)ccc1OCC(=O)Nc1cc(Cl)ccc1OCC(F)(F)F. The van der Waals surface area contributed by atoms with Gasteiger partial charge in [-0.2, -0.15) is 13.2 Å². The van der Waals surface area contributed by atoms with Gasteiger partial charge in [0, 0.05) is 5.02 Å². The fourth-order valence-electron chi connectivity index (χ4n) is 2.11. The summed E-state index contributed by atoms with van der Waals surface area (Å²) in [5.74, 6) is 0.0624. The molecule has 0 radical (unpaired) electrons. The van der Waals surface area contributed by atoms with Crippen molar-refractivity contribution in [1.29, 1.82) is 0 Å². The van der Waals surface area contributed by atoms with Crippen LogP contribution in [0.4, 0.5) is 18.9 Å². The van der Waals surface area contributed by atoms with Crippen molar-refractivity contribution >= 4 is 23.2 Å². The lowest BCUT2D eigenvalue weighted by Gasteiger charge is -2.15. The van der Waals surface area contributed by atoms with Crippen molar-refractivity contribution in [3.8, 4) is 17.2 Å². The highest BCUT2D eigenvalue weighted by molar-refractivity contribution is 6.31. The molecule has 9 heteroatoms. The van der Waals surface area contributed by atoms with Crippen LogP contribution in [-0.4, -0.2) is 32.4 Å². The second-order valence-electron chi connectivity index (χ2n) is 5.54. The van der Waals surface area contributed by atoms with Crippen molar-refractivity contribution in [3.63, 3.8) is 0 Å². The van der Waals surface area contributed by atoms with Gasteiger partial charge in [-0.3, -0.25) is 4.79 Å². The van der Waals surface area contributed by atoms with Crippen LogP contribution in [0.2, 0.25) is 5.02 Å². The number of halogens is 4. The summed E-state index contributed by atoms with van der Waals surface area (Å²) in [4.78, 5) is 12.1. The number of amides is 1. The molecule has 0 spiro atoms. The van der Waals surface area contributed by atoms with Gasteiger partial charge in [0.2, 0.25) is 0 Å². The molecule has 2 rings (SSSR count). The van der Waals surface area contributed by atoms with Crippen LogP contribution in [-0.2, 0) is 4.79 Å². The molecule has 27 heavy (non-hydrogen) atoms. The Morgan fingerprint density at radius 3 is 2.44 bits per heavy atom. The summed E-state index contributed by atoms with van der Waals surface area (Å²) in [5.41, 5.74) is 0.963. The summed E-state index contributed by atoms with van der Waals surface area (Å²) < 4.78 is 52.4. The second-order valence-corrected chi connectivity index (χ2v) is 5.97. The minimum atomic E-state index is -4.51. The predicted molar refractivity (Wildman–Crippen MR) is 94.9 cm³/mol. The number of nitrogens with one attached hydrogen (secondary N) is 1. The third-order valence-corrected chi connectivity index (χ3v) is 3.52. The summed E-state index contributed by atoms with van der Waals surface area (Å²) >= 11 is 5.84. The highest BCUT2D eigenvalue weighted by atomic mass is 35.5. The van der Waals surface area contributed by atoms with Crippen LogP contribution >= 0.6 is 11.6 Å². The molecular weight excluding hydrogens is 387 g/mol. The van der Waals surface area contributed by atoms with Gasteiger partial charge in [0.15, 0.2) is 24.7 Å². The Morgan fingerprint density at radius 1 is 1.07 bits per heavy atom. The van der Waals surface area contributed by atoms with E-state index in [1.165, 1.54) is 25.3 Å². The smallest absolute Gasteiger partial charge is 0.422 e. The van der Waals surface area contributed by atoms with E-state index in [2.05, 4.69) is 5.32 Å². The van der Waals surface area contributed by atoms with E-state index in [-0.39, 0.29) is 23.1 Å². The van der Waals surface area contributed by atoms with Crippen molar-refractivity contribution in [1.82, 2.24) is 0 Å². The Morgan fingerprint density at radius 2 is 1.78 bits per heavy atom. The number of methoxy groups -OCH3 is 1. The molecule has 0 saturated heterocycles. The Bertz CT molecular complexity index is 812. The molecule has 2 aromatic rings. The monoisotopic (exact) mass is 403 g/mol. The van der Waals surface area contributed by atoms with Gasteiger partial charge in [-0.25, -0.2) is 0 Å². The molecule has 1 amide bonds. The Balaban J connectivity index is 2.04. The number of aryl methyl sites for hydroxylation is 1. The van der Waals surface area contributed by atoms with Crippen molar-refractivity contribution in [2.45, 2.75) is 13.1 Å². The summed E-state index contributed by atoms with van der Waals surface area (Å²) in [7, 11) is 1.47. The van der Waals surface area contributed by atoms with Crippen LogP contribution in [0.25, 0.3) is 0 Å². The van der Waals surface area contributed by atoms with Crippen LogP contribution in [0.3, 0.4) is 0 Å². The number of anilines is 1. The zero-order valence-electron chi connectivity index (χ0n) is 14.5. The van der Waals surface area contributed by atoms with Gasteiger partial charge in [0.25, 0.3) is 5.91 Å². The molecule has 0 fully saturated rings. The topological polar surface area (TPSA) is 56.8 Å². The first-order chi connectivity index (χ1) is 12.7. The van der Waals surface area contributed by atoms with Gasteiger partial charge >= 0.3 is 6.18 Å². The highest BCUT2D eigenvalue weighted by Gasteiger charge is 2.29. The maximum Gasteiger partial charge on any atom is 0.422 e. The quantitative estimate of drug-likeness (QED) is 0.733. The lowest BCUT2D eigenvalue weighted by Crippen LogP contribution is -2.22. The van der Waals surface area contributed by atoms with E-state index in [1.807, 2.05) is 6.92 Å². The Hall–Kier alpha value is -2.61. The zero-order valence-corrected chi connectivity index (χ0v) is 15.3. The van der Waals surface area contributed by atoms with Gasteiger partial charge in [0.05, 0.1) is 12.8 Å². The molecule has 5 nitrogen and oxygen atoms in total. The number of hydrogen-bond acceptors (Lipinski definition) is 4. The molecule has 0 saturated carbocycles. The molecular formula is C18H17ClF3NO4. The number of carbonyl (C=O) groups excluding carboxylic acids is 1. The maximum absolute atomic E-state index is 12.4. The first-order valence-corrected chi connectivity index (χ1v) is 8.12. The van der Waals surface area contributed by atoms with Crippen LogP contribution < -0.4 is 19.5 Å². The van der Waals surface area contributed by atoms with Gasteiger partial charge in [-0.05, 0) is 42.8 Å². The molecule has 0 unspecified atom stereocenters. The first-order valence-electron chi connectivity index (χ1n) is 7.74. The minimum absolute atomic E-state index is 0.0104. The van der Waals surface area contributed by atoms with E-state index in [4.69, 9.17) is 25.8 Å².